The van der Waals surface area contributed by atoms with Crippen LogP contribution in [0.3, 0.4) is 0 Å². The molecule has 0 radical (unpaired) electrons. The number of aromatic amines is 1. The Balaban J connectivity index is 0.000000169. The molecule has 0 fully saturated rings. The Kier molecular flexibility index (Phi) is 17.6. The first-order chi connectivity index (χ1) is 33.5. The molecule has 0 amide bonds. The normalized spacial score (nSPS) is 11.2. The quantitative estimate of drug-likeness (QED) is 0.0801. The van der Waals surface area contributed by atoms with E-state index < -0.39 is 0 Å². The Morgan fingerprint density at radius 3 is 1.17 bits per heavy atom. The van der Waals surface area contributed by atoms with E-state index in [2.05, 4.69) is 43.0 Å². The lowest BCUT2D eigenvalue weighted by Gasteiger charge is -2.09. The number of hydrogen-bond donors (Lipinski definition) is 1. The standard InChI is InChI=1S/2C16H20N4O3.C15H18N4O3.CH3I/c2*1-11-10-12(23-17-11)6-4-5-8-20-15(21)13-7-9-18(2)14(13)19(3)16(20)22;1-10-9-11(22-17-10)5-3-4-8-19-14(20)12-6-7-16-13(12)18(2)15(19)21;1-2/h2*7,9-10H,4-6,8H2,1-3H3;6-7,9,16H,3-5,8H2,1-2H3;1H3. The number of unbranched alkanes of at least 4 members (excludes halogenated alkanes) is 3. The van der Waals surface area contributed by atoms with Crippen molar-refractivity contribution in [2.75, 3.05) is 4.93 Å². The van der Waals surface area contributed by atoms with Gasteiger partial charge in [0.05, 0.1) is 33.2 Å². The fourth-order valence-electron chi connectivity index (χ4n) is 8.44. The van der Waals surface area contributed by atoms with Gasteiger partial charge in [0.25, 0.3) is 16.7 Å². The van der Waals surface area contributed by atoms with E-state index in [0.29, 0.717) is 52.7 Å². The molecule has 0 saturated heterocycles. The average Bonchev–Trinajstić information content (AvgIpc) is 4.23. The van der Waals surface area contributed by atoms with Crippen molar-refractivity contribution in [1.82, 2.24) is 57.0 Å². The van der Waals surface area contributed by atoms with E-state index in [9.17, 15) is 28.8 Å². The number of aromatic nitrogens is 12. The molecular weight excluding hydrogens is 1020 g/mol. The summed E-state index contributed by atoms with van der Waals surface area (Å²) < 4.78 is 27.5. The highest BCUT2D eigenvalue weighted by atomic mass is 127. The zero-order chi connectivity index (χ0) is 50.8. The van der Waals surface area contributed by atoms with Gasteiger partial charge in [-0.15, -0.1) is 0 Å². The number of fused-ring (bicyclic) bond motifs is 3. The SMILES string of the molecule is CI.Cc1cc(CCCCn2c(=O)c3cc[nH]c3n(C)c2=O)on1.Cc1cc(CCCCn2c(=O)c3ccn(C)c3n(C)c2=O)on1.Cc1cc(CCCCn2c(=O)c3ccn(C)c3n(C)c2=O)on1. The van der Waals surface area contributed by atoms with Crippen LogP contribution in [0.2, 0.25) is 0 Å². The van der Waals surface area contributed by atoms with Crippen molar-refractivity contribution in [1.29, 1.82) is 0 Å². The van der Waals surface area contributed by atoms with Crippen molar-refractivity contribution < 1.29 is 13.6 Å². The van der Waals surface area contributed by atoms with Crippen LogP contribution in [0.1, 0.15) is 72.9 Å². The maximum Gasteiger partial charge on any atom is 0.332 e. The summed E-state index contributed by atoms with van der Waals surface area (Å²) in [5, 5.41) is 13.2. The molecule has 0 aliphatic carbocycles. The first-order valence-corrected chi connectivity index (χ1v) is 25.1. The van der Waals surface area contributed by atoms with Crippen molar-refractivity contribution in [3.8, 4) is 0 Å². The third-order valence-corrected chi connectivity index (χ3v) is 12.0. The topological polar surface area (TPSA) is 236 Å². The Hall–Kier alpha value is -6.98. The monoisotopic (exact) mass is 1080 g/mol. The molecule has 0 spiro atoms. The molecule has 0 unspecified atom stereocenters. The molecular formula is C48H61IN12O9. The van der Waals surface area contributed by atoms with Crippen LogP contribution in [0.25, 0.3) is 33.1 Å². The number of aryl methyl sites for hydroxylation is 11. The minimum absolute atomic E-state index is 0.223. The van der Waals surface area contributed by atoms with Crippen molar-refractivity contribution >= 4 is 55.7 Å². The van der Waals surface area contributed by atoms with Crippen LogP contribution in [0.4, 0.5) is 0 Å². The second-order valence-electron chi connectivity index (χ2n) is 17.1. The second kappa shape index (κ2) is 23.6. The molecule has 0 atom stereocenters. The average molecular weight is 1080 g/mol. The lowest BCUT2D eigenvalue weighted by atomic mass is 10.2. The van der Waals surface area contributed by atoms with Crippen LogP contribution < -0.4 is 33.7 Å². The van der Waals surface area contributed by atoms with Gasteiger partial charge in [-0.1, -0.05) is 38.1 Å². The zero-order valence-corrected chi connectivity index (χ0v) is 43.3. The van der Waals surface area contributed by atoms with E-state index >= 15 is 0 Å². The number of halogens is 1. The van der Waals surface area contributed by atoms with Gasteiger partial charge in [-0.05, 0) is 82.4 Å². The van der Waals surface area contributed by atoms with Gasteiger partial charge >= 0.3 is 17.1 Å². The molecule has 9 aromatic rings. The van der Waals surface area contributed by atoms with Crippen LogP contribution in [-0.2, 0) is 74.1 Å². The number of nitrogens with zero attached hydrogens (tertiary/aromatic N) is 11. The minimum Gasteiger partial charge on any atom is -0.361 e. The molecule has 0 aliphatic rings. The largest absolute Gasteiger partial charge is 0.361 e. The van der Waals surface area contributed by atoms with Crippen LogP contribution in [0.15, 0.2) is 97.3 Å². The molecule has 21 nitrogen and oxygen atoms in total. The van der Waals surface area contributed by atoms with E-state index in [1.54, 1.807) is 67.1 Å². The molecule has 374 valence electrons. The molecule has 9 aromatic heterocycles. The first-order valence-electron chi connectivity index (χ1n) is 23.0. The summed E-state index contributed by atoms with van der Waals surface area (Å²) >= 11 is 2.15. The summed E-state index contributed by atoms with van der Waals surface area (Å²) in [7, 11) is 8.69. The van der Waals surface area contributed by atoms with Gasteiger partial charge in [-0.3, -0.25) is 41.8 Å². The number of hydrogen-bond acceptors (Lipinski definition) is 12. The Morgan fingerprint density at radius 1 is 0.486 bits per heavy atom. The van der Waals surface area contributed by atoms with Crippen LogP contribution >= 0.6 is 22.6 Å². The number of alkyl halides is 1. The molecule has 9 rings (SSSR count). The second-order valence-corrected chi connectivity index (χ2v) is 17.1. The van der Waals surface area contributed by atoms with Gasteiger partial charge in [-0.25, -0.2) is 14.4 Å². The van der Waals surface area contributed by atoms with Crippen molar-refractivity contribution in [2.45, 2.75) is 98.2 Å². The van der Waals surface area contributed by atoms with Crippen molar-refractivity contribution in [3.05, 3.63) is 152 Å². The predicted molar refractivity (Wildman–Crippen MR) is 275 cm³/mol. The van der Waals surface area contributed by atoms with E-state index in [-0.39, 0.29) is 33.7 Å². The van der Waals surface area contributed by atoms with E-state index in [0.717, 1.165) is 92.1 Å². The summed E-state index contributed by atoms with van der Waals surface area (Å²) in [5.74, 6) is 2.50. The molecule has 0 aromatic carbocycles. The van der Waals surface area contributed by atoms with Gasteiger partial charge < -0.3 is 27.7 Å². The summed E-state index contributed by atoms with van der Waals surface area (Å²) in [5.41, 5.74) is 2.89. The fourth-order valence-corrected chi connectivity index (χ4v) is 8.44. The van der Waals surface area contributed by atoms with Crippen LogP contribution in [0.5, 0.6) is 0 Å². The lowest BCUT2D eigenvalue weighted by molar-refractivity contribution is 0.374. The zero-order valence-electron chi connectivity index (χ0n) is 41.2. The van der Waals surface area contributed by atoms with Gasteiger partial charge in [0.1, 0.15) is 34.2 Å². The smallest absolute Gasteiger partial charge is 0.332 e. The maximum absolute atomic E-state index is 12.5. The Bertz CT molecular complexity index is 3420. The van der Waals surface area contributed by atoms with Gasteiger partial charge in [0, 0.05) is 111 Å². The Morgan fingerprint density at radius 2 is 0.829 bits per heavy atom. The highest BCUT2D eigenvalue weighted by Gasteiger charge is 2.16. The van der Waals surface area contributed by atoms with Gasteiger partial charge in [0.15, 0.2) is 0 Å². The predicted octanol–water partition coefficient (Wildman–Crippen LogP) is 5.11. The molecule has 0 bridgehead atoms. The number of H-pyrrole nitrogens is 1. The highest BCUT2D eigenvalue weighted by Crippen LogP contribution is 2.12. The molecule has 0 saturated carbocycles. The van der Waals surface area contributed by atoms with Crippen molar-refractivity contribution in [2.24, 2.45) is 35.2 Å². The number of nitrogens with one attached hydrogen (secondary N) is 1. The van der Waals surface area contributed by atoms with E-state index in [1.807, 2.05) is 58.0 Å². The van der Waals surface area contributed by atoms with Crippen LogP contribution in [-0.4, -0.2) is 61.9 Å². The molecule has 22 heteroatoms. The van der Waals surface area contributed by atoms with E-state index in [4.69, 9.17) is 13.6 Å². The third-order valence-electron chi connectivity index (χ3n) is 12.0. The maximum atomic E-state index is 12.5. The van der Waals surface area contributed by atoms with Gasteiger partial charge in [-0.2, -0.15) is 0 Å². The first kappa shape index (κ1) is 52.4. The minimum atomic E-state index is -0.296. The fraction of sp³-hybridized carbons (Fsp3) is 0.438. The molecule has 0 aliphatic heterocycles. The summed E-state index contributed by atoms with van der Waals surface area (Å²) in [4.78, 5) is 79.3. The van der Waals surface area contributed by atoms with Crippen molar-refractivity contribution in [3.63, 3.8) is 0 Å². The Labute approximate surface area is 414 Å². The third kappa shape index (κ3) is 11.7. The summed E-state index contributed by atoms with van der Waals surface area (Å²) in [6.45, 7) is 6.85. The van der Waals surface area contributed by atoms with E-state index in [1.165, 1.54) is 27.4 Å². The summed E-state index contributed by atoms with van der Waals surface area (Å²) in [6.07, 6.45) is 12.2. The van der Waals surface area contributed by atoms with Crippen LogP contribution in [0, 0.1) is 20.8 Å². The highest BCUT2D eigenvalue weighted by molar-refractivity contribution is 14.1. The molecule has 9 heterocycles. The molecule has 1 N–H and O–H groups in total. The van der Waals surface area contributed by atoms with Gasteiger partial charge in [0.2, 0.25) is 0 Å². The summed E-state index contributed by atoms with van der Waals surface area (Å²) in [6, 6.07) is 10.9. The lowest BCUT2D eigenvalue weighted by Crippen LogP contribution is -2.39. The molecule has 70 heavy (non-hydrogen) atoms. The number of rotatable bonds is 15.